The van der Waals surface area contributed by atoms with E-state index in [9.17, 15) is 19.2 Å². The summed E-state index contributed by atoms with van der Waals surface area (Å²) in [6, 6.07) is 29.9. The van der Waals surface area contributed by atoms with E-state index < -0.39 is 5.24 Å². The number of likely N-dealkylation sites (N-methyl/N-ethyl adjacent to an activating group) is 2. The number of H-pyrrole nitrogens is 2. The second-order valence-electron chi connectivity index (χ2n) is 19.9. The maximum atomic E-state index is 13.2. The van der Waals surface area contributed by atoms with Gasteiger partial charge in [0.2, 0.25) is 28.5 Å². The third-order valence-electron chi connectivity index (χ3n) is 13.7. The lowest BCUT2D eigenvalue weighted by molar-refractivity contribution is -0.114. The second-order valence-corrected chi connectivity index (χ2v) is 20.9. The number of ketones is 1. The van der Waals surface area contributed by atoms with Gasteiger partial charge >= 0.3 is 0 Å². The number of nitrogens with two attached hydrogens (primary N) is 1. The molecule has 21 nitrogen and oxygen atoms in total. The van der Waals surface area contributed by atoms with Gasteiger partial charge in [0.25, 0.3) is 11.8 Å². The summed E-state index contributed by atoms with van der Waals surface area (Å²) in [5.74, 6) is 0.778. The van der Waals surface area contributed by atoms with Crippen molar-refractivity contribution in [3.05, 3.63) is 186 Å². The van der Waals surface area contributed by atoms with E-state index >= 15 is 0 Å². The fourth-order valence-electron chi connectivity index (χ4n) is 9.37. The van der Waals surface area contributed by atoms with E-state index in [0.29, 0.717) is 103 Å². The van der Waals surface area contributed by atoms with Crippen LogP contribution in [0.15, 0.2) is 146 Å². The monoisotopic (exact) mass is 1240 g/mol. The summed E-state index contributed by atoms with van der Waals surface area (Å²) in [6.07, 6.45) is 14.9. The Morgan fingerprint density at radius 3 is 1.67 bits per heavy atom. The molecular weight excluding hydrogens is 1180 g/mol. The number of nitrogens with one attached hydrogen (secondary N) is 5. The van der Waals surface area contributed by atoms with E-state index in [-0.39, 0.29) is 49.3 Å². The Kier molecular flexibility index (Phi) is 24.6. The number of carbonyl (C=O) groups is 4. The number of nitrogen functional groups attached to an aromatic ring is 1. The molecule has 0 bridgehead atoms. The molecule has 9 N–H and O–H groups in total. The number of likely N-dealkylation sites (tertiary alicyclic amines) is 2. The minimum Gasteiger partial charge on any atom is -0.399 e. The van der Waals surface area contributed by atoms with Crippen molar-refractivity contribution in [1.29, 1.82) is 0 Å². The van der Waals surface area contributed by atoms with Gasteiger partial charge in [-0.15, -0.1) is 0 Å². The maximum Gasteiger partial charge on any atom is 0.253 e. The van der Waals surface area contributed by atoms with Gasteiger partial charge in [0.05, 0.1) is 37.7 Å². The van der Waals surface area contributed by atoms with Crippen molar-refractivity contribution in [3.63, 3.8) is 0 Å². The molecule has 0 aliphatic carbocycles. The number of allylic oxidation sites excluding steroid dienone is 3. The molecule has 86 heavy (non-hydrogen) atoms. The average molecular weight is 1250 g/mol. The Morgan fingerprint density at radius 1 is 0.744 bits per heavy atom. The van der Waals surface area contributed by atoms with Gasteiger partial charge in [0.1, 0.15) is 0 Å². The first kappa shape index (κ1) is 64.4. The van der Waals surface area contributed by atoms with Crippen molar-refractivity contribution in [1.82, 2.24) is 49.9 Å². The summed E-state index contributed by atoms with van der Waals surface area (Å²) < 4.78 is 0. The minimum absolute atomic E-state index is 0.0144. The molecule has 2 saturated heterocycles. The lowest BCUT2D eigenvalue weighted by atomic mass is 10.1. The number of fused-ring (bicyclic) bond motifs is 2. The molecular formula is C63H67BrClN15O6. The van der Waals surface area contributed by atoms with Crippen LogP contribution in [-0.4, -0.2) is 168 Å². The number of aliphatic hydroxyl groups is 2. The number of aromatic nitrogens is 6. The molecule has 6 heterocycles. The summed E-state index contributed by atoms with van der Waals surface area (Å²) in [4.78, 5) is 85.4. The van der Waals surface area contributed by atoms with Gasteiger partial charge in [0, 0.05) is 144 Å². The minimum atomic E-state index is -0.431. The highest BCUT2D eigenvalue weighted by atomic mass is 79.9. The highest BCUT2D eigenvalue weighted by Gasteiger charge is 2.29. The van der Waals surface area contributed by atoms with E-state index in [4.69, 9.17) is 45.7 Å². The van der Waals surface area contributed by atoms with Crippen LogP contribution >= 0.6 is 27.5 Å². The predicted molar refractivity (Wildman–Crippen MR) is 342 cm³/mol. The number of para-hydroxylation sites is 2. The zero-order valence-corrected chi connectivity index (χ0v) is 49.9. The topological polar surface area (TPSA) is 272 Å². The van der Waals surface area contributed by atoms with Gasteiger partial charge in [-0.2, -0.15) is 0 Å². The third kappa shape index (κ3) is 18.2. The summed E-state index contributed by atoms with van der Waals surface area (Å²) >= 11 is 7.99. The molecule has 23 heteroatoms. The number of hydrogen-bond acceptors (Lipinski definition) is 15. The summed E-state index contributed by atoms with van der Waals surface area (Å²) in [6.45, 7) is 19.6. The molecule has 444 valence electrons. The fourth-order valence-corrected chi connectivity index (χ4v) is 9.64. The Balaban J connectivity index is 0.000000211. The molecule has 8 aromatic rings. The molecule has 4 aromatic carbocycles. The van der Waals surface area contributed by atoms with Crippen LogP contribution in [0, 0.1) is 13.1 Å². The van der Waals surface area contributed by atoms with Crippen LogP contribution < -0.4 is 21.7 Å². The van der Waals surface area contributed by atoms with Crippen LogP contribution in [0.25, 0.3) is 54.0 Å². The number of anilines is 3. The molecule has 0 unspecified atom stereocenters. The van der Waals surface area contributed by atoms with Crippen LogP contribution in [0.1, 0.15) is 39.1 Å². The smallest absolute Gasteiger partial charge is 0.253 e. The van der Waals surface area contributed by atoms with Gasteiger partial charge in [-0.05, 0) is 105 Å². The summed E-state index contributed by atoms with van der Waals surface area (Å²) in [5, 5.41) is 28.6. The number of hydrogen-bond donors (Lipinski definition) is 8. The van der Waals surface area contributed by atoms with E-state index in [1.807, 2.05) is 89.9 Å². The number of carbonyl (C=O) groups excluding carboxylic acids is 4. The average Bonchev–Trinajstić information content (AvgIpc) is 3.91. The number of aliphatic hydroxyl groups excluding tert-OH is 2. The first-order valence-corrected chi connectivity index (χ1v) is 29.1. The van der Waals surface area contributed by atoms with Gasteiger partial charge < -0.3 is 56.6 Å². The first-order chi connectivity index (χ1) is 41.7. The molecule has 0 saturated carbocycles. The highest BCUT2D eigenvalue weighted by molar-refractivity contribution is 9.09. The lowest BCUT2D eigenvalue weighted by Crippen LogP contribution is -2.31. The predicted octanol–water partition coefficient (Wildman–Crippen LogP) is 9.08. The number of aromatic amines is 2. The maximum absolute atomic E-state index is 13.2. The molecule has 2 fully saturated rings. The number of halogens is 2. The summed E-state index contributed by atoms with van der Waals surface area (Å²) in [7, 11) is 3.68. The number of benzene rings is 4. The van der Waals surface area contributed by atoms with Gasteiger partial charge in [-0.25, -0.2) is 29.6 Å². The quantitative estimate of drug-likeness (QED) is 0.0123. The van der Waals surface area contributed by atoms with Crippen molar-refractivity contribution >= 4 is 101 Å². The lowest BCUT2D eigenvalue weighted by Gasteiger charge is -2.18. The number of amides is 2. The van der Waals surface area contributed by atoms with E-state index in [1.165, 1.54) is 12.3 Å². The van der Waals surface area contributed by atoms with Gasteiger partial charge in [-0.3, -0.25) is 19.2 Å². The van der Waals surface area contributed by atoms with E-state index in [2.05, 4.69) is 66.5 Å². The molecule has 2 amide bonds. The summed E-state index contributed by atoms with van der Waals surface area (Å²) in [5.41, 5.74) is 14.0. The van der Waals surface area contributed by atoms with Crippen molar-refractivity contribution in [2.45, 2.75) is 31.3 Å². The molecule has 2 aliphatic heterocycles. The first-order valence-electron chi connectivity index (χ1n) is 27.6. The van der Waals surface area contributed by atoms with Crippen LogP contribution in [0.3, 0.4) is 0 Å². The van der Waals surface area contributed by atoms with Gasteiger partial charge in [0.15, 0.2) is 5.78 Å². The molecule has 2 aliphatic rings. The van der Waals surface area contributed by atoms with E-state index in [0.717, 1.165) is 51.3 Å². The molecule has 0 radical (unpaired) electrons. The Hall–Kier alpha value is -9.13. The van der Waals surface area contributed by atoms with Crippen LogP contribution in [-0.2, 0) is 16.0 Å². The molecule has 10 rings (SSSR count). The largest absolute Gasteiger partial charge is 0.399 e. The van der Waals surface area contributed by atoms with Crippen LogP contribution in [0.2, 0.25) is 0 Å². The fraction of sp³-hybridized carbons (Fsp3) is 0.270. The Bertz CT molecular complexity index is 3730. The normalized spacial score (nSPS) is 14.4. The number of alkyl halides is 1. The van der Waals surface area contributed by atoms with Gasteiger partial charge in [-0.1, -0.05) is 76.6 Å². The molecule has 2 atom stereocenters. The zero-order chi connectivity index (χ0) is 61.4. The van der Waals surface area contributed by atoms with Crippen LogP contribution in [0.4, 0.5) is 29.0 Å². The van der Waals surface area contributed by atoms with Crippen molar-refractivity contribution < 1.29 is 29.4 Å². The number of nitrogens with zero attached hydrogens (tertiary/aromatic N) is 9. The molecule has 4 aromatic heterocycles. The van der Waals surface area contributed by atoms with Crippen LogP contribution in [0.5, 0.6) is 0 Å². The molecule has 0 spiro atoms. The number of rotatable bonds is 19. The van der Waals surface area contributed by atoms with Crippen molar-refractivity contribution in [2.75, 3.05) is 94.8 Å². The SMILES string of the molecule is CNCCO.O=C(Cl)/C=C/CBr.[C-]#[N+]c1cnc(N[C@@H]2CCN(C(=O)c3ccc(CC(=O)/C=C/CN(C)CCO)cc3)C2)nc1-c1c[nH]c2ccccc12.[C-]#[N+]c1cnc(N[C@@H]2CCN(C(=O)c3ccc(N)cc3)C2)nc1-c1c[nH]c2ccccc12. The Morgan fingerprint density at radius 2 is 1.24 bits per heavy atom. The zero-order valence-electron chi connectivity index (χ0n) is 47.6. The van der Waals surface area contributed by atoms with Crippen molar-refractivity contribution in [2.24, 2.45) is 0 Å². The third-order valence-corrected chi connectivity index (χ3v) is 14.2. The Labute approximate surface area is 512 Å². The van der Waals surface area contributed by atoms with E-state index in [1.54, 1.807) is 72.8 Å². The highest BCUT2D eigenvalue weighted by Crippen LogP contribution is 2.36. The standard InChI is InChI=1S/C32H33N7O3.C24H21N7O.C4H4BrClO.C3H9NO/c1-33-29-20-35-32(37-30(29)27-19-34-28-8-4-3-7-26(27)28)36-24-13-15-39(21-24)31(42)23-11-9-22(10-12-23)18-25(41)6-5-14-38(2)16-17-40;1-26-21-13-28-24(30-22(21)19-12-27-20-5-3-2-4-18(19)20)29-17-10-11-31(14-17)23(32)15-6-8-16(25)9-7-15;5-3-1-2-4(6)7;1-4-2-3-5/h3-12,19-20,24,34,40H,13-18,21H2,2H3,(H,35,36,37);2-9,12-13,17,27H,10-11,14,25H2,(H,28,29,30);1-2H,3H2;4-5H,2-3H2,1H3/b6-5+;;2-1+;/t24-;17-;;/m11../s1. The second kappa shape index (κ2) is 32.8. The van der Waals surface area contributed by atoms with Crippen molar-refractivity contribution in [3.8, 4) is 22.5 Å².